The molecule has 1 unspecified atom stereocenters. The molecule has 0 bridgehead atoms. The van der Waals surface area contributed by atoms with E-state index in [1.165, 1.54) is 35.6 Å². The third kappa shape index (κ3) is 2.51. The highest BCUT2D eigenvalue weighted by Crippen LogP contribution is 2.42. The average molecular weight is 281 g/mol. The van der Waals surface area contributed by atoms with Crippen LogP contribution in [0.2, 0.25) is 0 Å². The number of hydrogen-bond acceptors (Lipinski definition) is 2. The number of nitrogens with one attached hydrogen (secondary N) is 1. The molecule has 3 nitrogen and oxygen atoms in total. The molecule has 2 aliphatic rings. The average Bonchev–Trinajstić information content (AvgIpc) is 3.28. The summed E-state index contributed by atoms with van der Waals surface area (Å²) in [5.74, 6) is 2.07. The molecule has 0 amide bonds. The Morgan fingerprint density at radius 1 is 1.29 bits per heavy atom. The SMILES string of the molecule is CC(Cc1ccccc1)n1c(C2CC2)nc2c1CCNC2. The zero-order chi connectivity index (χ0) is 14.2. The van der Waals surface area contributed by atoms with Crippen LogP contribution >= 0.6 is 0 Å². The second kappa shape index (κ2) is 5.30. The van der Waals surface area contributed by atoms with Crippen LogP contribution in [0.15, 0.2) is 30.3 Å². The Kier molecular flexibility index (Phi) is 3.30. The highest BCUT2D eigenvalue weighted by Gasteiger charge is 2.33. The maximum absolute atomic E-state index is 4.98. The van der Waals surface area contributed by atoms with Crippen molar-refractivity contribution >= 4 is 0 Å². The van der Waals surface area contributed by atoms with Crippen molar-refractivity contribution in [1.82, 2.24) is 14.9 Å². The van der Waals surface area contributed by atoms with Crippen LogP contribution in [-0.2, 0) is 19.4 Å². The maximum atomic E-state index is 4.98. The van der Waals surface area contributed by atoms with Crippen LogP contribution in [0.3, 0.4) is 0 Å². The lowest BCUT2D eigenvalue weighted by Gasteiger charge is -2.22. The van der Waals surface area contributed by atoms with Gasteiger partial charge in [0.1, 0.15) is 5.82 Å². The van der Waals surface area contributed by atoms with Crippen molar-refractivity contribution in [2.75, 3.05) is 6.54 Å². The van der Waals surface area contributed by atoms with Gasteiger partial charge >= 0.3 is 0 Å². The van der Waals surface area contributed by atoms with Crippen molar-refractivity contribution in [2.45, 2.75) is 51.1 Å². The van der Waals surface area contributed by atoms with Gasteiger partial charge in [0, 0.05) is 37.2 Å². The standard InChI is InChI=1S/C18H23N3/c1-13(11-14-5-3-2-4-6-14)21-17-9-10-19-12-16(17)20-18(21)15-7-8-15/h2-6,13,15,19H,7-12H2,1H3. The van der Waals surface area contributed by atoms with Crippen LogP contribution in [0.25, 0.3) is 0 Å². The Morgan fingerprint density at radius 2 is 2.10 bits per heavy atom. The van der Waals surface area contributed by atoms with E-state index in [4.69, 9.17) is 4.98 Å². The molecule has 0 radical (unpaired) electrons. The number of nitrogens with zero attached hydrogens (tertiary/aromatic N) is 2. The van der Waals surface area contributed by atoms with Gasteiger partial charge in [0.05, 0.1) is 5.69 Å². The molecule has 1 atom stereocenters. The maximum Gasteiger partial charge on any atom is 0.112 e. The van der Waals surface area contributed by atoms with Gasteiger partial charge in [-0.2, -0.15) is 0 Å². The van der Waals surface area contributed by atoms with Gasteiger partial charge in [0.15, 0.2) is 0 Å². The fourth-order valence-electron chi connectivity index (χ4n) is 3.52. The Bertz CT molecular complexity index is 625. The van der Waals surface area contributed by atoms with Crippen molar-refractivity contribution in [3.05, 3.63) is 53.1 Å². The van der Waals surface area contributed by atoms with E-state index in [-0.39, 0.29) is 0 Å². The van der Waals surface area contributed by atoms with E-state index in [2.05, 4.69) is 47.1 Å². The van der Waals surface area contributed by atoms with Crippen LogP contribution in [0.1, 0.15) is 54.5 Å². The smallest absolute Gasteiger partial charge is 0.112 e. The second-order valence-corrected chi connectivity index (χ2v) is 6.47. The van der Waals surface area contributed by atoms with E-state index in [9.17, 15) is 0 Å². The summed E-state index contributed by atoms with van der Waals surface area (Å²) in [5.41, 5.74) is 4.20. The molecule has 2 heterocycles. The minimum absolute atomic E-state index is 0.498. The van der Waals surface area contributed by atoms with Gasteiger partial charge < -0.3 is 9.88 Å². The second-order valence-electron chi connectivity index (χ2n) is 6.47. The number of hydrogen-bond donors (Lipinski definition) is 1. The van der Waals surface area contributed by atoms with Gasteiger partial charge in [0.2, 0.25) is 0 Å². The van der Waals surface area contributed by atoms with E-state index in [0.717, 1.165) is 25.9 Å². The minimum atomic E-state index is 0.498. The number of imidazole rings is 1. The summed E-state index contributed by atoms with van der Waals surface area (Å²) in [4.78, 5) is 4.98. The van der Waals surface area contributed by atoms with Crippen LogP contribution in [0.4, 0.5) is 0 Å². The molecule has 2 aromatic rings. The molecule has 21 heavy (non-hydrogen) atoms. The number of fused-ring (bicyclic) bond motifs is 1. The lowest BCUT2D eigenvalue weighted by atomic mass is 10.1. The van der Waals surface area contributed by atoms with Gasteiger partial charge in [-0.15, -0.1) is 0 Å². The zero-order valence-corrected chi connectivity index (χ0v) is 12.7. The van der Waals surface area contributed by atoms with Gasteiger partial charge in [-0.25, -0.2) is 4.98 Å². The Hall–Kier alpha value is -1.61. The summed E-state index contributed by atoms with van der Waals surface area (Å²) in [6.45, 7) is 4.38. The summed E-state index contributed by atoms with van der Waals surface area (Å²) in [5, 5.41) is 3.45. The first-order valence-corrected chi connectivity index (χ1v) is 8.17. The molecular weight excluding hydrogens is 258 g/mol. The molecule has 0 saturated heterocycles. The van der Waals surface area contributed by atoms with Crippen molar-refractivity contribution in [1.29, 1.82) is 0 Å². The zero-order valence-electron chi connectivity index (χ0n) is 12.7. The lowest BCUT2D eigenvalue weighted by molar-refractivity contribution is 0.491. The predicted molar refractivity (Wildman–Crippen MR) is 84.5 cm³/mol. The fourth-order valence-corrected chi connectivity index (χ4v) is 3.52. The first kappa shape index (κ1) is 13.1. The molecule has 4 rings (SSSR count). The van der Waals surface area contributed by atoms with Gasteiger partial charge in [-0.05, 0) is 31.7 Å². The van der Waals surface area contributed by atoms with E-state index in [1.807, 2.05) is 0 Å². The van der Waals surface area contributed by atoms with Crippen LogP contribution in [0.5, 0.6) is 0 Å². The van der Waals surface area contributed by atoms with Gasteiger partial charge in [-0.3, -0.25) is 0 Å². The molecule has 1 aromatic heterocycles. The van der Waals surface area contributed by atoms with E-state index in [0.29, 0.717) is 12.0 Å². The van der Waals surface area contributed by atoms with E-state index in [1.54, 1.807) is 0 Å². The van der Waals surface area contributed by atoms with Gasteiger partial charge in [-0.1, -0.05) is 30.3 Å². The quantitative estimate of drug-likeness (QED) is 0.932. The summed E-state index contributed by atoms with van der Waals surface area (Å²) >= 11 is 0. The van der Waals surface area contributed by atoms with Crippen LogP contribution < -0.4 is 5.32 Å². The van der Waals surface area contributed by atoms with Crippen molar-refractivity contribution in [3.63, 3.8) is 0 Å². The Balaban J connectivity index is 1.67. The molecule has 1 aliphatic carbocycles. The van der Waals surface area contributed by atoms with E-state index < -0.39 is 0 Å². The van der Waals surface area contributed by atoms with Crippen LogP contribution in [-0.4, -0.2) is 16.1 Å². The lowest BCUT2D eigenvalue weighted by Crippen LogP contribution is -2.26. The molecule has 1 aromatic carbocycles. The molecule has 1 N–H and O–H groups in total. The molecule has 110 valence electrons. The molecule has 1 aliphatic heterocycles. The van der Waals surface area contributed by atoms with Crippen molar-refractivity contribution < 1.29 is 0 Å². The summed E-state index contributed by atoms with van der Waals surface area (Å²) < 4.78 is 2.57. The highest BCUT2D eigenvalue weighted by atomic mass is 15.1. The number of benzene rings is 1. The highest BCUT2D eigenvalue weighted by molar-refractivity contribution is 5.26. The summed E-state index contributed by atoms with van der Waals surface area (Å²) in [6.07, 6.45) is 4.85. The number of aromatic nitrogens is 2. The third-order valence-corrected chi connectivity index (χ3v) is 4.71. The fraction of sp³-hybridized carbons (Fsp3) is 0.500. The predicted octanol–water partition coefficient (Wildman–Crippen LogP) is 3.21. The first-order valence-electron chi connectivity index (χ1n) is 8.17. The first-order chi connectivity index (χ1) is 10.3. The molecule has 1 saturated carbocycles. The molecule has 0 spiro atoms. The van der Waals surface area contributed by atoms with Crippen molar-refractivity contribution in [3.8, 4) is 0 Å². The summed E-state index contributed by atoms with van der Waals surface area (Å²) in [6, 6.07) is 11.3. The van der Waals surface area contributed by atoms with E-state index >= 15 is 0 Å². The normalized spacial score (nSPS) is 19.3. The third-order valence-electron chi connectivity index (χ3n) is 4.71. The molecule has 1 fully saturated rings. The molecule has 3 heteroatoms. The topological polar surface area (TPSA) is 29.9 Å². The van der Waals surface area contributed by atoms with Crippen LogP contribution in [0, 0.1) is 0 Å². The summed E-state index contributed by atoms with van der Waals surface area (Å²) in [7, 11) is 0. The van der Waals surface area contributed by atoms with Gasteiger partial charge in [0.25, 0.3) is 0 Å². The monoisotopic (exact) mass is 281 g/mol. The molecular formula is C18H23N3. The Labute approximate surface area is 126 Å². The van der Waals surface area contributed by atoms with Crippen molar-refractivity contribution in [2.24, 2.45) is 0 Å². The Morgan fingerprint density at radius 3 is 2.86 bits per heavy atom. The number of rotatable bonds is 4. The minimum Gasteiger partial charge on any atom is -0.328 e. The largest absolute Gasteiger partial charge is 0.328 e.